The van der Waals surface area contributed by atoms with Crippen molar-refractivity contribution in [2.45, 2.75) is 18.4 Å². The molecule has 0 radical (unpaired) electrons. The summed E-state index contributed by atoms with van der Waals surface area (Å²) >= 11 is 1.43. The van der Waals surface area contributed by atoms with E-state index >= 15 is 0 Å². The van der Waals surface area contributed by atoms with E-state index in [0.29, 0.717) is 25.3 Å². The standard InChI is InChI=1S/C17H19NO3S/c1-21-14-6-2-5-13(11-14)17(20)8-4-9-18(12-17)16(19)15-7-3-10-22-15/h2-3,5-7,10-11,20H,4,8-9,12H2,1H3. The molecule has 116 valence electrons. The van der Waals surface area contributed by atoms with Crippen LogP contribution in [-0.4, -0.2) is 36.1 Å². The highest BCUT2D eigenvalue weighted by molar-refractivity contribution is 7.12. The molecule has 2 aromatic rings. The monoisotopic (exact) mass is 317 g/mol. The molecule has 1 saturated heterocycles. The van der Waals surface area contributed by atoms with Gasteiger partial charge < -0.3 is 14.7 Å². The van der Waals surface area contributed by atoms with E-state index in [0.717, 1.165) is 16.9 Å². The molecule has 1 amide bonds. The van der Waals surface area contributed by atoms with Gasteiger partial charge in [-0.1, -0.05) is 18.2 Å². The number of thiophene rings is 1. The Morgan fingerprint density at radius 2 is 2.23 bits per heavy atom. The summed E-state index contributed by atoms with van der Waals surface area (Å²) in [4.78, 5) is 15.0. The second kappa shape index (κ2) is 6.10. The third kappa shape index (κ3) is 2.87. The first-order valence-electron chi connectivity index (χ1n) is 7.32. The highest BCUT2D eigenvalue weighted by Crippen LogP contribution is 2.34. The SMILES string of the molecule is COc1cccc(C2(O)CCCN(C(=O)c3cccs3)C2)c1. The van der Waals surface area contributed by atoms with E-state index < -0.39 is 5.60 Å². The van der Waals surface area contributed by atoms with E-state index in [1.807, 2.05) is 41.8 Å². The lowest BCUT2D eigenvalue weighted by Gasteiger charge is -2.39. The molecular formula is C17H19NO3S. The zero-order chi connectivity index (χ0) is 15.6. The number of methoxy groups -OCH3 is 1. The van der Waals surface area contributed by atoms with Crippen LogP contribution in [0.25, 0.3) is 0 Å². The van der Waals surface area contributed by atoms with E-state index in [2.05, 4.69) is 0 Å². The van der Waals surface area contributed by atoms with Crippen molar-refractivity contribution < 1.29 is 14.6 Å². The van der Waals surface area contributed by atoms with E-state index in [1.54, 1.807) is 12.0 Å². The molecule has 1 aliphatic rings. The molecule has 0 saturated carbocycles. The quantitative estimate of drug-likeness (QED) is 0.947. The van der Waals surface area contributed by atoms with Gasteiger partial charge in [-0.15, -0.1) is 11.3 Å². The molecule has 0 bridgehead atoms. The van der Waals surface area contributed by atoms with Crippen molar-refractivity contribution in [1.82, 2.24) is 4.90 Å². The van der Waals surface area contributed by atoms with Crippen molar-refractivity contribution in [3.05, 3.63) is 52.2 Å². The summed E-state index contributed by atoms with van der Waals surface area (Å²) in [7, 11) is 1.61. The molecule has 1 atom stereocenters. The number of likely N-dealkylation sites (tertiary alicyclic amines) is 1. The molecule has 1 aliphatic heterocycles. The van der Waals surface area contributed by atoms with Gasteiger partial charge in [-0.3, -0.25) is 4.79 Å². The Morgan fingerprint density at radius 3 is 2.95 bits per heavy atom. The van der Waals surface area contributed by atoms with Gasteiger partial charge in [-0.2, -0.15) is 0 Å². The molecule has 2 heterocycles. The van der Waals surface area contributed by atoms with Crippen molar-refractivity contribution >= 4 is 17.2 Å². The number of nitrogens with zero attached hydrogens (tertiary/aromatic N) is 1. The molecule has 0 spiro atoms. The van der Waals surface area contributed by atoms with Crippen LogP contribution in [0.3, 0.4) is 0 Å². The van der Waals surface area contributed by atoms with E-state index in [4.69, 9.17) is 4.74 Å². The van der Waals surface area contributed by atoms with Crippen LogP contribution < -0.4 is 4.74 Å². The van der Waals surface area contributed by atoms with E-state index in [9.17, 15) is 9.90 Å². The summed E-state index contributed by atoms with van der Waals surface area (Å²) in [6.45, 7) is 1.000. The number of piperidine rings is 1. The third-order valence-electron chi connectivity index (χ3n) is 4.10. The molecule has 1 N–H and O–H groups in total. The molecule has 0 aliphatic carbocycles. The number of ether oxygens (including phenoxy) is 1. The summed E-state index contributed by atoms with van der Waals surface area (Å²) in [5.41, 5.74) is -0.213. The van der Waals surface area contributed by atoms with Gasteiger partial charge in [0, 0.05) is 6.54 Å². The van der Waals surface area contributed by atoms with Gasteiger partial charge in [0.25, 0.3) is 5.91 Å². The number of rotatable bonds is 3. The smallest absolute Gasteiger partial charge is 0.264 e. The van der Waals surface area contributed by atoms with Crippen LogP contribution in [0.5, 0.6) is 5.75 Å². The van der Waals surface area contributed by atoms with Gasteiger partial charge in [0.1, 0.15) is 11.4 Å². The topological polar surface area (TPSA) is 49.8 Å². The maximum atomic E-state index is 12.5. The Hall–Kier alpha value is -1.85. The zero-order valence-corrected chi connectivity index (χ0v) is 13.3. The van der Waals surface area contributed by atoms with Crippen molar-refractivity contribution in [3.63, 3.8) is 0 Å². The Kier molecular flexibility index (Phi) is 4.18. The normalized spacial score (nSPS) is 21.6. The molecular weight excluding hydrogens is 298 g/mol. The fourth-order valence-electron chi connectivity index (χ4n) is 2.91. The number of hydrogen-bond donors (Lipinski definition) is 1. The number of benzene rings is 1. The van der Waals surface area contributed by atoms with Gasteiger partial charge in [-0.25, -0.2) is 0 Å². The van der Waals surface area contributed by atoms with Gasteiger partial charge in [-0.05, 0) is 42.0 Å². The lowest BCUT2D eigenvalue weighted by Crippen LogP contribution is -2.48. The van der Waals surface area contributed by atoms with Crippen molar-refractivity contribution in [3.8, 4) is 5.75 Å². The van der Waals surface area contributed by atoms with Crippen molar-refractivity contribution in [1.29, 1.82) is 0 Å². The predicted octanol–water partition coefficient (Wildman–Crippen LogP) is 2.88. The molecule has 1 fully saturated rings. The minimum Gasteiger partial charge on any atom is -0.497 e. The minimum atomic E-state index is -1.01. The molecule has 3 rings (SSSR count). The Bertz CT molecular complexity index is 656. The van der Waals surface area contributed by atoms with Gasteiger partial charge in [0.05, 0.1) is 18.5 Å². The molecule has 1 aromatic carbocycles. The summed E-state index contributed by atoms with van der Waals surface area (Å²) in [6.07, 6.45) is 1.43. The summed E-state index contributed by atoms with van der Waals surface area (Å²) in [6, 6.07) is 11.2. The molecule has 4 nitrogen and oxygen atoms in total. The molecule has 1 aromatic heterocycles. The number of β-amino-alcohol motifs (C(OH)–C–C–N with tert-alkyl or cyclic N) is 1. The average Bonchev–Trinajstić information content (AvgIpc) is 3.09. The number of carbonyl (C=O) groups excluding carboxylic acids is 1. The first-order valence-corrected chi connectivity index (χ1v) is 8.20. The maximum absolute atomic E-state index is 12.5. The largest absolute Gasteiger partial charge is 0.497 e. The number of carbonyl (C=O) groups is 1. The molecule has 5 heteroatoms. The van der Waals surface area contributed by atoms with Gasteiger partial charge in [0.15, 0.2) is 0 Å². The fraction of sp³-hybridized carbons (Fsp3) is 0.353. The van der Waals surface area contributed by atoms with Crippen LogP contribution in [0.2, 0.25) is 0 Å². The van der Waals surface area contributed by atoms with Gasteiger partial charge >= 0.3 is 0 Å². The summed E-state index contributed by atoms with van der Waals surface area (Å²) < 4.78 is 5.23. The second-order valence-corrected chi connectivity index (χ2v) is 6.52. The van der Waals surface area contributed by atoms with Crippen LogP contribution in [0.4, 0.5) is 0 Å². The predicted molar refractivity (Wildman–Crippen MR) is 86.3 cm³/mol. The average molecular weight is 317 g/mol. The Morgan fingerprint density at radius 1 is 1.36 bits per heavy atom. The number of aliphatic hydroxyl groups is 1. The van der Waals surface area contributed by atoms with Crippen molar-refractivity contribution in [2.75, 3.05) is 20.2 Å². The maximum Gasteiger partial charge on any atom is 0.264 e. The Labute approximate surface area is 134 Å². The van der Waals surface area contributed by atoms with Crippen LogP contribution in [0.1, 0.15) is 28.1 Å². The summed E-state index contributed by atoms with van der Waals surface area (Å²) in [5.74, 6) is 0.712. The molecule has 1 unspecified atom stereocenters. The van der Waals surface area contributed by atoms with E-state index in [1.165, 1.54) is 11.3 Å². The highest BCUT2D eigenvalue weighted by Gasteiger charge is 2.37. The second-order valence-electron chi connectivity index (χ2n) is 5.57. The van der Waals surface area contributed by atoms with Crippen LogP contribution in [0, 0.1) is 0 Å². The number of amides is 1. The Balaban J connectivity index is 1.83. The van der Waals surface area contributed by atoms with Crippen LogP contribution in [-0.2, 0) is 5.60 Å². The van der Waals surface area contributed by atoms with Crippen LogP contribution in [0.15, 0.2) is 41.8 Å². The van der Waals surface area contributed by atoms with Crippen LogP contribution >= 0.6 is 11.3 Å². The van der Waals surface area contributed by atoms with Gasteiger partial charge in [0.2, 0.25) is 0 Å². The van der Waals surface area contributed by atoms with E-state index in [-0.39, 0.29) is 5.91 Å². The first-order chi connectivity index (χ1) is 10.6. The first kappa shape index (κ1) is 15.1. The third-order valence-corrected chi connectivity index (χ3v) is 4.95. The molecule has 22 heavy (non-hydrogen) atoms. The zero-order valence-electron chi connectivity index (χ0n) is 12.5. The summed E-state index contributed by atoms with van der Waals surface area (Å²) in [5, 5.41) is 12.9. The highest BCUT2D eigenvalue weighted by atomic mass is 32.1. The fourth-order valence-corrected chi connectivity index (χ4v) is 3.60. The minimum absolute atomic E-state index is 0.00368. The lowest BCUT2D eigenvalue weighted by atomic mass is 9.85. The lowest BCUT2D eigenvalue weighted by molar-refractivity contribution is -0.0288. The van der Waals surface area contributed by atoms with Crippen molar-refractivity contribution in [2.24, 2.45) is 0 Å². The number of hydrogen-bond acceptors (Lipinski definition) is 4.